The molecule has 6 heteroatoms. The maximum absolute atomic E-state index is 12.9. The van der Waals surface area contributed by atoms with Gasteiger partial charge in [0.15, 0.2) is 6.10 Å². The summed E-state index contributed by atoms with van der Waals surface area (Å²) in [6.07, 6.45) is 79.8. The number of rotatable bonds is 61. The highest BCUT2D eigenvalue weighted by Gasteiger charge is 2.19. The number of carbonyl (C=O) groups is 3. The molecule has 0 aliphatic heterocycles. The van der Waals surface area contributed by atoms with Gasteiger partial charge in [0, 0.05) is 19.3 Å². The van der Waals surface area contributed by atoms with E-state index in [1.807, 2.05) is 0 Å². The average Bonchev–Trinajstić information content (AvgIpc) is 3.41. The molecule has 0 aliphatic rings. The van der Waals surface area contributed by atoms with Crippen molar-refractivity contribution in [2.45, 2.75) is 361 Å². The van der Waals surface area contributed by atoms with Gasteiger partial charge < -0.3 is 14.2 Å². The van der Waals surface area contributed by atoms with Gasteiger partial charge in [-0.1, -0.05) is 307 Å². The van der Waals surface area contributed by atoms with Crippen LogP contribution in [-0.4, -0.2) is 37.2 Å². The quantitative estimate of drug-likeness (QED) is 0.0261. The molecule has 0 aromatic heterocycles. The Labute approximate surface area is 467 Å². The molecule has 438 valence electrons. The zero-order chi connectivity index (χ0) is 54.3. The van der Waals surface area contributed by atoms with Crippen molar-refractivity contribution in [3.05, 3.63) is 48.6 Å². The van der Waals surface area contributed by atoms with E-state index in [0.29, 0.717) is 19.3 Å². The van der Waals surface area contributed by atoms with Crippen LogP contribution < -0.4 is 0 Å². The van der Waals surface area contributed by atoms with Crippen molar-refractivity contribution in [3.8, 4) is 0 Å². The maximum Gasteiger partial charge on any atom is 0.306 e. The summed E-state index contributed by atoms with van der Waals surface area (Å²) in [5.74, 6) is -0.866. The Kier molecular flexibility index (Phi) is 61.7. The smallest absolute Gasteiger partial charge is 0.306 e. The summed E-state index contributed by atoms with van der Waals surface area (Å²) in [5, 5.41) is 0. The third-order valence-corrected chi connectivity index (χ3v) is 14.8. The first-order valence-electron chi connectivity index (χ1n) is 33.1. The van der Waals surface area contributed by atoms with Gasteiger partial charge in [0.05, 0.1) is 0 Å². The molecular formula is C69H126O6. The molecule has 0 aromatic rings. The molecule has 0 fully saturated rings. The molecule has 75 heavy (non-hydrogen) atoms. The van der Waals surface area contributed by atoms with Gasteiger partial charge in [-0.3, -0.25) is 14.4 Å². The first kappa shape index (κ1) is 72.4. The van der Waals surface area contributed by atoms with Crippen molar-refractivity contribution < 1.29 is 28.6 Å². The highest BCUT2D eigenvalue weighted by molar-refractivity contribution is 5.71. The van der Waals surface area contributed by atoms with Gasteiger partial charge in [-0.2, -0.15) is 0 Å². The summed E-state index contributed by atoms with van der Waals surface area (Å²) in [6, 6.07) is 0. The van der Waals surface area contributed by atoms with Crippen LogP contribution in [0.1, 0.15) is 355 Å². The van der Waals surface area contributed by atoms with Gasteiger partial charge in [0.2, 0.25) is 0 Å². The first-order valence-corrected chi connectivity index (χ1v) is 33.1. The monoisotopic (exact) mass is 1050 g/mol. The van der Waals surface area contributed by atoms with Gasteiger partial charge in [-0.15, -0.1) is 0 Å². The minimum Gasteiger partial charge on any atom is -0.462 e. The highest BCUT2D eigenvalue weighted by Crippen LogP contribution is 2.18. The predicted molar refractivity (Wildman–Crippen MR) is 325 cm³/mol. The van der Waals surface area contributed by atoms with Gasteiger partial charge in [0.1, 0.15) is 13.2 Å². The second kappa shape index (κ2) is 63.9. The van der Waals surface area contributed by atoms with Crippen molar-refractivity contribution in [3.63, 3.8) is 0 Å². The van der Waals surface area contributed by atoms with Gasteiger partial charge in [-0.05, 0) is 77.0 Å². The molecule has 6 nitrogen and oxygen atoms in total. The summed E-state index contributed by atoms with van der Waals surface area (Å²) in [6.45, 7) is 6.64. The number of allylic oxidation sites excluding steroid dienone is 8. The number of hydrogen-bond donors (Lipinski definition) is 0. The standard InChI is InChI=1S/C69H126O6/c1-4-7-10-13-16-19-22-25-28-30-32-33-34-35-36-37-38-40-41-44-47-50-53-56-59-62-68(71)74-65-66(64-73-67(70)61-58-55-52-49-46-43-27-24-21-18-15-12-9-6-3)75-69(72)63-60-57-54-51-48-45-42-39-31-29-26-23-20-17-14-11-8-5-2/h15,18,22,24-25,27,30,32,66H,4-14,16-17,19-21,23,26,28-29,31,33-65H2,1-3H3/b18-15-,25-22-,27-24-,32-30-. The Morgan fingerprint density at radius 2 is 0.493 bits per heavy atom. The minimum absolute atomic E-state index is 0.0740. The van der Waals surface area contributed by atoms with Crippen LogP contribution in [0.25, 0.3) is 0 Å². The van der Waals surface area contributed by atoms with E-state index in [1.54, 1.807) is 0 Å². The van der Waals surface area contributed by atoms with Crippen LogP contribution in [0.4, 0.5) is 0 Å². The Hall–Kier alpha value is -2.63. The van der Waals surface area contributed by atoms with Crippen LogP contribution in [0.15, 0.2) is 48.6 Å². The fourth-order valence-electron chi connectivity index (χ4n) is 9.79. The van der Waals surface area contributed by atoms with Crippen LogP contribution in [-0.2, 0) is 28.6 Å². The average molecular weight is 1050 g/mol. The molecule has 1 unspecified atom stereocenters. The van der Waals surface area contributed by atoms with Gasteiger partial charge >= 0.3 is 17.9 Å². The summed E-state index contributed by atoms with van der Waals surface area (Å²) >= 11 is 0. The summed E-state index contributed by atoms with van der Waals surface area (Å²) in [4.78, 5) is 38.3. The lowest BCUT2D eigenvalue weighted by Crippen LogP contribution is -2.30. The molecule has 0 saturated heterocycles. The fraction of sp³-hybridized carbons (Fsp3) is 0.841. The minimum atomic E-state index is -0.777. The third-order valence-electron chi connectivity index (χ3n) is 14.8. The highest BCUT2D eigenvalue weighted by atomic mass is 16.6. The third kappa shape index (κ3) is 62.1. The van der Waals surface area contributed by atoms with Crippen LogP contribution in [0.3, 0.4) is 0 Å². The van der Waals surface area contributed by atoms with Crippen LogP contribution in [0, 0.1) is 0 Å². The van der Waals surface area contributed by atoms with E-state index in [1.165, 1.54) is 231 Å². The van der Waals surface area contributed by atoms with E-state index in [2.05, 4.69) is 69.4 Å². The molecule has 0 heterocycles. The number of hydrogen-bond acceptors (Lipinski definition) is 6. The Morgan fingerprint density at radius 1 is 0.267 bits per heavy atom. The van der Waals surface area contributed by atoms with Crippen LogP contribution in [0.5, 0.6) is 0 Å². The molecule has 0 spiro atoms. The first-order chi connectivity index (χ1) is 37.0. The van der Waals surface area contributed by atoms with E-state index < -0.39 is 6.10 Å². The van der Waals surface area contributed by atoms with Crippen molar-refractivity contribution in [1.82, 2.24) is 0 Å². The molecule has 0 saturated carbocycles. The van der Waals surface area contributed by atoms with E-state index in [9.17, 15) is 14.4 Å². The number of carbonyl (C=O) groups excluding carboxylic acids is 3. The fourth-order valence-corrected chi connectivity index (χ4v) is 9.79. The summed E-state index contributed by atoms with van der Waals surface area (Å²) in [5.41, 5.74) is 0. The summed E-state index contributed by atoms with van der Waals surface area (Å²) < 4.78 is 16.9. The normalized spacial score (nSPS) is 12.3. The van der Waals surface area contributed by atoms with Crippen molar-refractivity contribution in [2.75, 3.05) is 13.2 Å². The lowest BCUT2D eigenvalue weighted by Gasteiger charge is -2.18. The second-order valence-electron chi connectivity index (χ2n) is 22.4. The van der Waals surface area contributed by atoms with Crippen LogP contribution in [0.2, 0.25) is 0 Å². The van der Waals surface area contributed by atoms with E-state index >= 15 is 0 Å². The number of esters is 3. The molecule has 1 atom stereocenters. The number of unbranched alkanes of at least 4 members (excludes halogenated alkanes) is 42. The molecule has 0 rings (SSSR count). The second-order valence-corrected chi connectivity index (χ2v) is 22.4. The van der Waals surface area contributed by atoms with E-state index in [-0.39, 0.29) is 31.1 Å². The topological polar surface area (TPSA) is 78.9 Å². The molecule has 0 bridgehead atoms. The maximum atomic E-state index is 12.9. The molecule has 0 aromatic carbocycles. The molecule has 0 radical (unpaired) electrons. The predicted octanol–water partition coefficient (Wildman–Crippen LogP) is 22.6. The van der Waals surface area contributed by atoms with Crippen molar-refractivity contribution in [2.24, 2.45) is 0 Å². The molecule has 0 N–H and O–H groups in total. The zero-order valence-electron chi connectivity index (χ0n) is 50.3. The van der Waals surface area contributed by atoms with Crippen molar-refractivity contribution >= 4 is 17.9 Å². The molecular weight excluding hydrogens is 925 g/mol. The zero-order valence-corrected chi connectivity index (χ0v) is 50.3. The largest absolute Gasteiger partial charge is 0.462 e. The Balaban J connectivity index is 4.27. The SMILES string of the molecule is CCCC/C=C\C/C=C\CCCCCCCC(=O)OCC(COC(=O)CCCCCCCCCCCCCCC/C=C\C/C=C\CCCCCCC)OC(=O)CCCCCCCCCCCCCCCCCCCC. The van der Waals surface area contributed by atoms with E-state index in [4.69, 9.17) is 14.2 Å². The van der Waals surface area contributed by atoms with Gasteiger partial charge in [0.25, 0.3) is 0 Å². The van der Waals surface area contributed by atoms with Crippen LogP contribution >= 0.6 is 0 Å². The lowest BCUT2D eigenvalue weighted by molar-refractivity contribution is -0.167. The summed E-state index contributed by atoms with van der Waals surface area (Å²) in [7, 11) is 0. The Morgan fingerprint density at radius 3 is 0.773 bits per heavy atom. The number of ether oxygens (including phenoxy) is 3. The van der Waals surface area contributed by atoms with Gasteiger partial charge in [-0.25, -0.2) is 0 Å². The lowest BCUT2D eigenvalue weighted by atomic mass is 10.0. The molecule has 0 aliphatic carbocycles. The molecule has 0 amide bonds. The van der Waals surface area contributed by atoms with Crippen molar-refractivity contribution in [1.29, 1.82) is 0 Å². The Bertz CT molecular complexity index is 1300. The van der Waals surface area contributed by atoms with E-state index in [0.717, 1.165) is 83.5 Å².